The van der Waals surface area contributed by atoms with Crippen LogP contribution in [0.1, 0.15) is 33.2 Å². The SMILES string of the molecule is Cc1nc(-c2ccc(CCNC(=O)c3ccc4nc(C(F)F)[nH]c4c3)cc2)cs1. The topological polar surface area (TPSA) is 70.7 Å². The maximum Gasteiger partial charge on any atom is 0.295 e. The molecule has 4 aromatic rings. The summed E-state index contributed by atoms with van der Waals surface area (Å²) >= 11 is 1.62. The predicted molar refractivity (Wildman–Crippen MR) is 109 cm³/mol. The van der Waals surface area contributed by atoms with Gasteiger partial charge in [0.2, 0.25) is 0 Å². The molecule has 0 aliphatic carbocycles. The van der Waals surface area contributed by atoms with Gasteiger partial charge in [-0.3, -0.25) is 4.79 Å². The first kappa shape index (κ1) is 19.2. The van der Waals surface area contributed by atoms with Crippen LogP contribution in [0.4, 0.5) is 8.78 Å². The molecule has 2 heterocycles. The van der Waals surface area contributed by atoms with Crippen LogP contribution < -0.4 is 5.32 Å². The number of thiazole rings is 1. The van der Waals surface area contributed by atoms with E-state index in [1.165, 1.54) is 6.07 Å². The minimum absolute atomic E-state index is 0.255. The largest absolute Gasteiger partial charge is 0.352 e. The number of hydrogen-bond acceptors (Lipinski definition) is 4. The van der Waals surface area contributed by atoms with Gasteiger partial charge in [0, 0.05) is 23.1 Å². The van der Waals surface area contributed by atoms with Gasteiger partial charge in [-0.2, -0.15) is 0 Å². The van der Waals surface area contributed by atoms with Crippen molar-refractivity contribution in [1.82, 2.24) is 20.3 Å². The number of benzene rings is 2. The molecule has 2 aromatic heterocycles. The van der Waals surface area contributed by atoms with Gasteiger partial charge in [0.1, 0.15) is 0 Å². The number of carbonyl (C=O) groups is 1. The quantitative estimate of drug-likeness (QED) is 0.473. The number of aryl methyl sites for hydroxylation is 1. The van der Waals surface area contributed by atoms with Crippen LogP contribution in [0.5, 0.6) is 0 Å². The molecule has 0 bridgehead atoms. The van der Waals surface area contributed by atoms with E-state index in [-0.39, 0.29) is 5.91 Å². The Morgan fingerprint density at radius 3 is 2.66 bits per heavy atom. The molecule has 0 saturated carbocycles. The summed E-state index contributed by atoms with van der Waals surface area (Å²) in [5.74, 6) is -0.650. The van der Waals surface area contributed by atoms with Crippen molar-refractivity contribution in [2.75, 3.05) is 6.54 Å². The molecule has 0 saturated heterocycles. The third-order valence-corrected chi connectivity index (χ3v) is 5.31. The second kappa shape index (κ2) is 8.08. The van der Waals surface area contributed by atoms with Gasteiger partial charge in [0.25, 0.3) is 12.3 Å². The second-order valence-corrected chi connectivity index (χ2v) is 7.67. The second-order valence-electron chi connectivity index (χ2n) is 6.61. The highest BCUT2D eigenvalue weighted by Gasteiger charge is 2.14. The third kappa shape index (κ3) is 4.32. The van der Waals surface area contributed by atoms with E-state index in [9.17, 15) is 13.6 Å². The predicted octanol–water partition coefficient (Wildman–Crippen LogP) is 4.90. The first-order valence-corrected chi connectivity index (χ1v) is 9.95. The van der Waals surface area contributed by atoms with Gasteiger partial charge in [-0.1, -0.05) is 24.3 Å². The van der Waals surface area contributed by atoms with Gasteiger partial charge in [0.15, 0.2) is 5.82 Å². The Morgan fingerprint density at radius 2 is 1.97 bits per heavy atom. The average molecular weight is 412 g/mol. The summed E-state index contributed by atoms with van der Waals surface area (Å²) in [5.41, 5.74) is 4.37. The van der Waals surface area contributed by atoms with Crippen LogP contribution in [0.3, 0.4) is 0 Å². The Hall–Kier alpha value is -3.13. The van der Waals surface area contributed by atoms with Crippen molar-refractivity contribution in [1.29, 1.82) is 0 Å². The molecule has 5 nitrogen and oxygen atoms in total. The summed E-state index contributed by atoms with van der Waals surface area (Å²) < 4.78 is 25.5. The van der Waals surface area contributed by atoms with Crippen molar-refractivity contribution in [3.63, 3.8) is 0 Å². The molecule has 0 atom stereocenters. The smallest absolute Gasteiger partial charge is 0.295 e. The van der Waals surface area contributed by atoms with Gasteiger partial charge in [-0.15, -0.1) is 11.3 Å². The molecular weight excluding hydrogens is 394 g/mol. The van der Waals surface area contributed by atoms with E-state index in [1.807, 2.05) is 36.6 Å². The fourth-order valence-electron chi connectivity index (χ4n) is 3.03. The van der Waals surface area contributed by atoms with Crippen molar-refractivity contribution < 1.29 is 13.6 Å². The molecule has 0 unspecified atom stereocenters. The molecule has 0 spiro atoms. The monoisotopic (exact) mass is 412 g/mol. The zero-order chi connectivity index (χ0) is 20.4. The van der Waals surface area contributed by atoms with E-state index in [0.29, 0.717) is 29.6 Å². The fraction of sp³-hybridized carbons (Fsp3) is 0.190. The fourth-order valence-corrected chi connectivity index (χ4v) is 3.66. The van der Waals surface area contributed by atoms with Crippen LogP contribution in [-0.4, -0.2) is 27.4 Å². The lowest BCUT2D eigenvalue weighted by Gasteiger charge is -2.06. The van der Waals surface area contributed by atoms with E-state index in [2.05, 4.69) is 20.3 Å². The number of nitrogens with zero attached hydrogens (tertiary/aromatic N) is 2. The summed E-state index contributed by atoms with van der Waals surface area (Å²) in [5, 5.41) is 5.93. The zero-order valence-electron chi connectivity index (χ0n) is 15.6. The highest BCUT2D eigenvalue weighted by Crippen LogP contribution is 2.22. The van der Waals surface area contributed by atoms with Crippen LogP contribution in [0.2, 0.25) is 0 Å². The molecular formula is C21H18F2N4OS. The molecule has 8 heteroatoms. The summed E-state index contributed by atoms with van der Waals surface area (Å²) in [6, 6.07) is 12.8. The Bertz CT molecular complexity index is 1150. The standard InChI is InChI=1S/C21H18F2N4OS/c1-12-25-18(11-29-12)14-4-2-13(3-5-14)8-9-24-21(28)15-6-7-16-17(10-15)27-20(26-16)19(22)23/h2-7,10-11,19H,8-9H2,1H3,(H,24,28)(H,26,27). The number of imidazole rings is 1. The van der Waals surface area contributed by atoms with Gasteiger partial charge >= 0.3 is 0 Å². The summed E-state index contributed by atoms with van der Waals surface area (Å²) in [6.07, 6.45) is -1.99. The number of hydrogen-bond donors (Lipinski definition) is 2. The van der Waals surface area contributed by atoms with E-state index in [1.54, 1.807) is 23.5 Å². The summed E-state index contributed by atoms with van der Waals surface area (Å²) in [7, 11) is 0. The third-order valence-electron chi connectivity index (χ3n) is 4.54. The molecule has 148 valence electrons. The van der Waals surface area contributed by atoms with Crippen molar-refractivity contribution in [3.05, 3.63) is 69.8 Å². The van der Waals surface area contributed by atoms with Gasteiger partial charge in [0.05, 0.1) is 21.7 Å². The molecule has 4 rings (SSSR count). The Kier molecular flexibility index (Phi) is 5.35. The maximum absolute atomic E-state index is 12.7. The number of carbonyl (C=O) groups excluding carboxylic acids is 1. The van der Waals surface area contributed by atoms with Gasteiger partial charge in [-0.25, -0.2) is 18.7 Å². The van der Waals surface area contributed by atoms with Crippen molar-refractivity contribution >= 4 is 28.3 Å². The number of aromatic amines is 1. The lowest BCUT2D eigenvalue weighted by Crippen LogP contribution is -2.25. The zero-order valence-corrected chi connectivity index (χ0v) is 16.4. The van der Waals surface area contributed by atoms with Crippen LogP contribution in [0, 0.1) is 6.92 Å². The summed E-state index contributed by atoms with van der Waals surface area (Å²) in [4.78, 5) is 23.2. The molecule has 0 radical (unpaired) electrons. The molecule has 1 amide bonds. The Balaban J connectivity index is 1.35. The molecule has 29 heavy (non-hydrogen) atoms. The molecule has 0 fully saturated rings. The van der Waals surface area contributed by atoms with E-state index >= 15 is 0 Å². The lowest BCUT2D eigenvalue weighted by molar-refractivity contribution is 0.0954. The maximum atomic E-state index is 12.7. The Labute approximate surface area is 169 Å². The minimum atomic E-state index is -2.68. The lowest BCUT2D eigenvalue weighted by atomic mass is 10.1. The number of fused-ring (bicyclic) bond motifs is 1. The van der Waals surface area contributed by atoms with Crippen LogP contribution in [0.25, 0.3) is 22.3 Å². The first-order valence-electron chi connectivity index (χ1n) is 9.07. The Morgan fingerprint density at radius 1 is 1.17 bits per heavy atom. The minimum Gasteiger partial charge on any atom is -0.352 e. The van der Waals surface area contributed by atoms with Crippen molar-refractivity contribution in [3.8, 4) is 11.3 Å². The van der Waals surface area contributed by atoms with Crippen LogP contribution >= 0.6 is 11.3 Å². The van der Waals surface area contributed by atoms with E-state index in [0.717, 1.165) is 21.8 Å². The number of rotatable bonds is 6. The first-order chi connectivity index (χ1) is 14.0. The summed E-state index contributed by atoms with van der Waals surface area (Å²) in [6.45, 7) is 2.45. The number of H-pyrrole nitrogens is 1. The molecule has 2 aromatic carbocycles. The highest BCUT2D eigenvalue weighted by atomic mass is 32.1. The highest BCUT2D eigenvalue weighted by molar-refractivity contribution is 7.09. The molecule has 2 N–H and O–H groups in total. The van der Waals surface area contributed by atoms with E-state index in [4.69, 9.17) is 0 Å². The van der Waals surface area contributed by atoms with Crippen molar-refractivity contribution in [2.45, 2.75) is 19.8 Å². The number of aromatic nitrogens is 3. The van der Waals surface area contributed by atoms with Crippen LogP contribution in [-0.2, 0) is 6.42 Å². The normalized spacial score (nSPS) is 11.3. The molecule has 0 aliphatic heterocycles. The van der Waals surface area contributed by atoms with Gasteiger partial charge < -0.3 is 10.3 Å². The number of amides is 1. The number of halogens is 2. The number of alkyl halides is 2. The van der Waals surface area contributed by atoms with Gasteiger partial charge in [-0.05, 0) is 37.1 Å². The average Bonchev–Trinajstić information content (AvgIpc) is 3.34. The van der Waals surface area contributed by atoms with Crippen molar-refractivity contribution in [2.24, 2.45) is 0 Å². The number of nitrogens with one attached hydrogen (secondary N) is 2. The van der Waals surface area contributed by atoms with Crippen LogP contribution in [0.15, 0.2) is 47.8 Å². The molecule has 0 aliphatic rings. The van der Waals surface area contributed by atoms with E-state index < -0.39 is 12.2 Å².